The Morgan fingerprint density at radius 1 is 0.500 bits per heavy atom. The lowest BCUT2D eigenvalue weighted by molar-refractivity contribution is 0.590. The van der Waals surface area contributed by atoms with Crippen LogP contribution in [0.1, 0.15) is 63.8 Å². The molecule has 0 atom stereocenters. The third kappa shape index (κ3) is 4.80. The summed E-state index contributed by atoms with van der Waals surface area (Å²) >= 11 is 0. The van der Waals surface area contributed by atoms with Crippen LogP contribution in [0.3, 0.4) is 0 Å². The molecular formula is C46H38N4. The van der Waals surface area contributed by atoms with Crippen molar-refractivity contribution in [3.05, 3.63) is 144 Å². The van der Waals surface area contributed by atoms with Gasteiger partial charge < -0.3 is 9.13 Å². The maximum Gasteiger partial charge on any atom is 0.0998 e. The number of rotatable bonds is 3. The van der Waals surface area contributed by atoms with Crippen LogP contribution in [0, 0.1) is 22.7 Å². The minimum absolute atomic E-state index is 0.0208. The van der Waals surface area contributed by atoms with Gasteiger partial charge in [-0.3, -0.25) is 0 Å². The summed E-state index contributed by atoms with van der Waals surface area (Å²) in [6.07, 6.45) is 0. The second-order valence-electron chi connectivity index (χ2n) is 15.3. The highest BCUT2D eigenvalue weighted by Crippen LogP contribution is 2.46. The molecule has 0 aliphatic heterocycles. The maximum atomic E-state index is 10.5. The molecule has 0 aliphatic carbocycles. The van der Waals surface area contributed by atoms with Gasteiger partial charge in [-0.2, -0.15) is 10.5 Å². The van der Waals surface area contributed by atoms with Gasteiger partial charge in [-0.15, -0.1) is 0 Å². The van der Waals surface area contributed by atoms with Crippen LogP contribution in [-0.4, -0.2) is 9.13 Å². The van der Waals surface area contributed by atoms with E-state index >= 15 is 0 Å². The maximum absolute atomic E-state index is 10.5. The molecule has 8 aromatic rings. The van der Waals surface area contributed by atoms with Crippen LogP contribution >= 0.6 is 0 Å². The summed E-state index contributed by atoms with van der Waals surface area (Å²) in [6.45, 7) is 13.5. The van der Waals surface area contributed by atoms with Crippen molar-refractivity contribution in [2.24, 2.45) is 0 Å². The highest BCUT2D eigenvalue weighted by atomic mass is 15.0. The standard InChI is InChI=1S/C46H38N4/c1-45(2,3)31-18-20-39-36(25-31)37-26-32(46(4,5)6)19-21-40(37)50(39)42-23-22-41-43(44(42)35-24-29(27-47)16-17-30(35)28-48)34-14-10-11-15-38(34)49(41)33-12-8-7-9-13-33/h7-26H,1-6H3. The van der Waals surface area contributed by atoms with Gasteiger partial charge in [0.1, 0.15) is 0 Å². The molecule has 0 saturated carbocycles. The second-order valence-corrected chi connectivity index (χ2v) is 15.3. The third-order valence-corrected chi connectivity index (χ3v) is 10.1. The summed E-state index contributed by atoms with van der Waals surface area (Å²) in [5, 5.41) is 25.2. The fourth-order valence-corrected chi connectivity index (χ4v) is 7.50. The van der Waals surface area contributed by atoms with Crippen molar-refractivity contribution in [1.82, 2.24) is 9.13 Å². The van der Waals surface area contributed by atoms with Crippen molar-refractivity contribution < 1.29 is 0 Å². The SMILES string of the molecule is CC(C)(C)c1ccc2c(c1)c1cc(C(C)(C)C)ccc1n2-c1ccc2c(c1-c1cc(C#N)ccc1C#N)c1ccccc1n2-c1ccccc1. The fraction of sp³-hybridized carbons (Fsp3) is 0.174. The van der Waals surface area contributed by atoms with E-state index in [9.17, 15) is 10.5 Å². The molecule has 0 fully saturated rings. The van der Waals surface area contributed by atoms with E-state index in [-0.39, 0.29) is 10.8 Å². The first kappa shape index (κ1) is 31.2. The molecule has 2 aromatic heterocycles. The molecule has 0 unspecified atom stereocenters. The van der Waals surface area contributed by atoms with E-state index in [4.69, 9.17) is 0 Å². The molecule has 0 amide bonds. The van der Waals surface area contributed by atoms with E-state index in [1.807, 2.05) is 12.1 Å². The van der Waals surface area contributed by atoms with Crippen LogP contribution in [0.5, 0.6) is 0 Å². The molecule has 0 spiro atoms. The Morgan fingerprint density at radius 3 is 1.68 bits per heavy atom. The predicted molar refractivity (Wildman–Crippen MR) is 207 cm³/mol. The molecule has 242 valence electrons. The topological polar surface area (TPSA) is 57.4 Å². The van der Waals surface area contributed by atoms with Gasteiger partial charge >= 0.3 is 0 Å². The molecule has 50 heavy (non-hydrogen) atoms. The monoisotopic (exact) mass is 646 g/mol. The Kier molecular flexibility index (Phi) is 7.00. The number of para-hydroxylation sites is 2. The van der Waals surface area contributed by atoms with Crippen molar-refractivity contribution in [3.63, 3.8) is 0 Å². The summed E-state index contributed by atoms with van der Waals surface area (Å²) in [5.74, 6) is 0. The number of aromatic nitrogens is 2. The van der Waals surface area contributed by atoms with Gasteiger partial charge in [0.2, 0.25) is 0 Å². The number of nitriles is 2. The minimum Gasteiger partial charge on any atom is -0.309 e. The number of hydrogen-bond acceptors (Lipinski definition) is 2. The van der Waals surface area contributed by atoms with Crippen LogP contribution in [-0.2, 0) is 10.8 Å². The van der Waals surface area contributed by atoms with Crippen LogP contribution in [0.15, 0.2) is 121 Å². The fourth-order valence-electron chi connectivity index (χ4n) is 7.50. The van der Waals surface area contributed by atoms with Gasteiger partial charge in [0.05, 0.1) is 51.0 Å². The van der Waals surface area contributed by atoms with Crippen molar-refractivity contribution in [1.29, 1.82) is 10.5 Å². The summed E-state index contributed by atoms with van der Waals surface area (Å²) < 4.78 is 4.67. The number of hydrogen-bond donors (Lipinski definition) is 0. The molecule has 4 heteroatoms. The zero-order chi connectivity index (χ0) is 34.9. The van der Waals surface area contributed by atoms with E-state index < -0.39 is 0 Å². The molecule has 0 aliphatic rings. The lowest BCUT2D eigenvalue weighted by atomic mass is 9.85. The van der Waals surface area contributed by atoms with E-state index in [2.05, 4.69) is 160 Å². The Morgan fingerprint density at radius 2 is 1.08 bits per heavy atom. The number of benzene rings is 6. The van der Waals surface area contributed by atoms with Gasteiger partial charge in [-0.1, -0.05) is 90.1 Å². The van der Waals surface area contributed by atoms with E-state index in [0.717, 1.165) is 55.3 Å². The van der Waals surface area contributed by atoms with Crippen molar-refractivity contribution >= 4 is 43.6 Å². The molecule has 6 aromatic carbocycles. The molecule has 0 bridgehead atoms. The molecule has 0 N–H and O–H groups in total. The average Bonchev–Trinajstić information content (AvgIpc) is 3.62. The van der Waals surface area contributed by atoms with Crippen LogP contribution in [0.4, 0.5) is 0 Å². The summed E-state index contributed by atoms with van der Waals surface area (Å²) in [4.78, 5) is 0. The minimum atomic E-state index is -0.0208. The summed E-state index contributed by atoms with van der Waals surface area (Å²) in [6, 6.07) is 47.2. The quantitative estimate of drug-likeness (QED) is 0.192. The Labute approximate surface area is 293 Å². The largest absolute Gasteiger partial charge is 0.309 e. The number of nitrogens with zero attached hydrogens (tertiary/aromatic N) is 4. The first-order chi connectivity index (χ1) is 24.0. The summed E-state index contributed by atoms with van der Waals surface area (Å²) in [5.41, 5.74) is 11.6. The third-order valence-electron chi connectivity index (χ3n) is 10.1. The smallest absolute Gasteiger partial charge is 0.0998 e. The highest BCUT2D eigenvalue weighted by Gasteiger charge is 2.26. The molecular weight excluding hydrogens is 609 g/mol. The highest BCUT2D eigenvalue weighted by molar-refractivity contribution is 6.19. The Hall–Kier alpha value is -6.10. The van der Waals surface area contributed by atoms with Crippen molar-refractivity contribution in [3.8, 4) is 34.6 Å². The number of fused-ring (bicyclic) bond motifs is 6. The van der Waals surface area contributed by atoms with Crippen molar-refractivity contribution in [2.75, 3.05) is 0 Å². The molecule has 0 radical (unpaired) electrons. The van der Waals surface area contributed by atoms with Crippen LogP contribution in [0.25, 0.3) is 66.1 Å². The van der Waals surface area contributed by atoms with E-state index in [1.165, 1.54) is 21.9 Å². The molecule has 8 rings (SSSR count). The van der Waals surface area contributed by atoms with Gasteiger partial charge in [-0.25, -0.2) is 0 Å². The predicted octanol–water partition coefficient (Wildman–Crippen LogP) is 11.9. The zero-order valence-corrected chi connectivity index (χ0v) is 29.3. The normalized spacial score (nSPS) is 12.2. The first-order valence-corrected chi connectivity index (χ1v) is 17.2. The zero-order valence-electron chi connectivity index (χ0n) is 29.3. The average molecular weight is 647 g/mol. The Balaban J connectivity index is 1.60. The summed E-state index contributed by atoms with van der Waals surface area (Å²) in [7, 11) is 0. The van der Waals surface area contributed by atoms with Gasteiger partial charge in [0, 0.05) is 38.4 Å². The Bertz CT molecular complexity index is 2660. The van der Waals surface area contributed by atoms with E-state index in [1.54, 1.807) is 12.1 Å². The second kappa shape index (κ2) is 11.2. The molecule has 2 heterocycles. The van der Waals surface area contributed by atoms with Gasteiger partial charge in [0.25, 0.3) is 0 Å². The van der Waals surface area contributed by atoms with Crippen LogP contribution < -0.4 is 0 Å². The molecule has 4 nitrogen and oxygen atoms in total. The van der Waals surface area contributed by atoms with Crippen molar-refractivity contribution in [2.45, 2.75) is 52.4 Å². The lowest BCUT2D eigenvalue weighted by Gasteiger charge is -2.20. The molecule has 0 saturated heterocycles. The van der Waals surface area contributed by atoms with E-state index in [0.29, 0.717) is 11.1 Å². The van der Waals surface area contributed by atoms with Gasteiger partial charge in [-0.05, 0) is 94.8 Å². The van der Waals surface area contributed by atoms with Gasteiger partial charge in [0.15, 0.2) is 0 Å². The first-order valence-electron chi connectivity index (χ1n) is 17.2. The lowest BCUT2D eigenvalue weighted by Crippen LogP contribution is -2.10. The van der Waals surface area contributed by atoms with Crippen LogP contribution in [0.2, 0.25) is 0 Å².